The molecular weight excluding hydrogens is 383 g/mol. The molecule has 30 heavy (non-hydrogen) atoms. The van der Waals surface area contributed by atoms with Crippen molar-refractivity contribution in [3.05, 3.63) is 65.5 Å². The smallest absolute Gasteiger partial charge is 0.256 e. The Hall–Kier alpha value is -2.44. The summed E-state index contributed by atoms with van der Waals surface area (Å²) >= 11 is 0. The molecule has 0 aliphatic carbocycles. The number of benzene rings is 2. The molecule has 3 rings (SSSR count). The van der Waals surface area contributed by atoms with Gasteiger partial charge in [0.15, 0.2) is 0 Å². The van der Waals surface area contributed by atoms with Crippen LogP contribution >= 0.6 is 0 Å². The van der Waals surface area contributed by atoms with Crippen molar-refractivity contribution < 1.29 is 18.7 Å². The predicted molar refractivity (Wildman–Crippen MR) is 115 cm³/mol. The lowest BCUT2D eigenvalue weighted by molar-refractivity contribution is -0.0440. The van der Waals surface area contributed by atoms with Gasteiger partial charge in [-0.1, -0.05) is 44.2 Å². The van der Waals surface area contributed by atoms with Crippen molar-refractivity contribution in [2.24, 2.45) is 5.92 Å². The van der Waals surface area contributed by atoms with Gasteiger partial charge in [0.05, 0.1) is 25.4 Å². The minimum atomic E-state index is -0.487. The third-order valence-electron chi connectivity index (χ3n) is 5.21. The van der Waals surface area contributed by atoms with E-state index >= 15 is 0 Å². The highest BCUT2D eigenvalue weighted by atomic mass is 19.1. The number of morpholine rings is 1. The number of methoxy groups -OCH3 is 1. The van der Waals surface area contributed by atoms with Crippen LogP contribution < -0.4 is 4.74 Å². The van der Waals surface area contributed by atoms with Gasteiger partial charge in [-0.25, -0.2) is 4.39 Å². The third kappa shape index (κ3) is 5.80. The number of ether oxygens (including phenoxy) is 2. The Kier molecular flexibility index (Phi) is 7.82. The fourth-order valence-electron chi connectivity index (χ4n) is 3.84. The zero-order chi connectivity index (χ0) is 21.5. The topological polar surface area (TPSA) is 42.0 Å². The average molecular weight is 415 g/mol. The van der Waals surface area contributed by atoms with E-state index in [-0.39, 0.29) is 23.5 Å². The molecule has 162 valence electrons. The molecule has 5 nitrogen and oxygen atoms in total. The number of amides is 1. The van der Waals surface area contributed by atoms with Crippen molar-refractivity contribution in [3.63, 3.8) is 0 Å². The molecule has 0 saturated carbocycles. The second-order valence-corrected chi connectivity index (χ2v) is 8.12. The molecule has 1 unspecified atom stereocenters. The monoisotopic (exact) mass is 414 g/mol. The lowest BCUT2D eigenvalue weighted by Gasteiger charge is -2.36. The molecule has 1 atom stereocenters. The second kappa shape index (κ2) is 10.5. The average Bonchev–Trinajstić information content (AvgIpc) is 2.73. The van der Waals surface area contributed by atoms with E-state index in [4.69, 9.17) is 9.47 Å². The SMILES string of the molecule is COc1ccccc1CN1CCOC(CN(CC(C)C)C(=O)c2ccccc2F)C1. The van der Waals surface area contributed by atoms with E-state index in [1.807, 2.05) is 18.2 Å². The van der Waals surface area contributed by atoms with E-state index in [0.29, 0.717) is 26.2 Å². The maximum absolute atomic E-state index is 14.2. The van der Waals surface area contributed by atoms with Crippen molar-refractivity contribution >= 4 is 5.91 Å². The first-order valence-corrected chi connectivity index (χ1v) is 10.5. The molecule has 1 aliphatic rings. The summed E-state index contributed by atoms with van der Waals surface area (Å²) in [7, 11) is 1.68. The third-order valence-corrected chi connectivity index (χ3v) is 5.21. The van der Waals surface area contributed by atoms with Crippen molar-refractivity contribution in [3.8, 4) is 5.75 Å². The highest BCUT2D eigenvalue weighted by Gasteiger charge is 2.27. The van der Waals surface area contributed by atoms with E-state index in [0.717, 1.165) is 24.4 Å². The number of hydrogen-bond donors (Lipinski definition) is 0. The van der Waals surface area contributed by atoms with Crippen LogP contribution in [0.2, 0.25) is 0 Å². The van der Waals surface area contributed by atoms with Crippen LogP contribution in [0.1, 0.15) is 29.8 Å². The molecule has 1 amide bonds. The van der Waals surface area contributed by atoms with E-state index in [2.05, 4.69) is 24.8 Å². The second-order valence-electron chi connectivity index (χ2n) is 8.12. The number of halogens is 1. The molecule has 0 aromatic heterocycles. The minimum Gasteiger partial charge on any atom is -0.496 e. The molecule has 1 heterocycles. The molecule has 1 saturated heterocycles. The van der Waals surface area contributed by atoms with Crippen LogP contribution in [-0.2, 0) is 11.3 Å². The molecule has 1 aliphatic heterocycles. The van der Waals surface area contributed by atoms with Gasteiger partial charge in [0, 0.05) is 38.3 Å². The molecule has 0 radical (unpaired) electrons. The zero-order valence-corrected chi connectivity index (χ0v) is 18.0. The van der Waals surface area contributed by atoms with Gasteiger partial charge in [0.2, 0.25) is 0 Å². The highest BCUT2D eigenvalue weighted by molar-refractivity contribution is 5.94. The Morgan fingerprint density at radius 1 is 1.23 bits per heavy atom. The summed E-state index contributed by atoms with van der Waals surface area (Å²) in [6.45, 7) is 7.98. The number of para-hydroxylation sites is 1. The van der Waals surface area contributed by atoms with E-state index < -0.39 is 5.82 Å². The van der Waals surface area contributed by atoms with Crippen LogP contribution in [0.25, 0.3) is 0 Å². The molecule has 0 bridgehead atoms. The summed E-state index contributed by atoms with van der Waals surface area (Å²) in [4.78, 5) is 17.1. The van der Waals surface area contributed by atoms with Gasteiger partial charge in [0.25, 0.3) is 5.91 Å². The van der Waals surface area contributed by atoms with Crippen LogP contribution in [0.15, 0.2) is 48.5 Å². The van der Waals surface area contributed by atoms with E-state index in [1.165, 1.54) is 6.07 Å². The summed E-state index contributed by atoms with van der Waals surface area (Å²) in [6, 6.07) is 14.2. The highest BCUT2D eigenvalue weighted by Crippen LogP contribution is 2.21. The fourth-order valence-corrected chi connectivity index (χ4v) is 3.84. The molecular formula is C24H31FN2O3. The van der Waals surface area contributed by atoms with Crippen LogP contribution in [0.4, 0.5) is 4.39 Å². The Morgan fingerprint density at radius 3 is 2.70 bits per heavy atom. The number of rotatable bonds is 8. The predicted octanol–water partition coefficient (Wildman–Crippen LogP) is 3.83. The number of carbonyl (C=O) groups is 1. The van der Waals surface area contributed by atoms with Gasteiger partial charge < -0.3 is 14.4 Å². The number of carbonyl (C=O) groups excluding carboxylic acids is 1. The Labute approximate surface area is 178 Å². The standard InChI is InChI=1S/C24H31FN2O3/c1-18(2)14-27(24(28)21-9-5-6-10-22(21)25)17-20-16-26(12-13-30-20)15-19-8-4-7-11-23(19)29-3/h4-11,18,20H,12-17H2,1-3H3. The van der Waals surface area contributed by atoms with Crippen molar-refractivity contribution in [1.29, 1.82) is 0 Å². The summed E-state index contributed by atoms with van der Waals surface area (Å²) in [5.41, 5.74) is 1.24. The fraction of sp³-hybridized carbons (Fsp3) is 0.458. The normalized spacial score (nSPS) is 17.2. The Balaban J connectivity index is 1.68. The Bertz CT molecular complexity index is 843. The molecule has 0 spiro atoms. The van der Waals surface area contributed by atoms with Crippen molar-refractivity contribution in [2.75, 3.05) is 39.9 Å². The molecule has 2 aromatic carbocycles. The van der Waals surface area contributed by atoms with Gasteiger partial charge in [-0.05, 0) is 24.1 Å². The summed E-state index contributed by atoms with van der Waals surface area (Å²) in [5, 5.41) is 0. The van der Waals surface area contributed by atoms with E-state index in [9.17, 15) is 9.18 Å². The zero-order valence-electron chi connectivity index (χ0n) is 18.0. The lowest BCUT2D eigenvalue weighted by atomic mass is 10.1. The number of hydrogen-bond acceptors (Lipinski definition) is 4. The molecule has 6 heteroatoms. The van der Waals surface area contributed by atoms with Crippen LogP contribution in [0.3, 0.4) is 0 Å². The summed E-state index contributed by atoms with van der Waals surface area (Å²) < 4.78 is 25.6. The van der Waals surface area contributed by atoms with E-state index in [1.54, 1.807) is 30.2 Å². The largest absolute Gasteiger partial charge is 0.496 e. The summed E-state index contributed by atoms with van der Waals surface area (Å²) in [6.07, 6.45) is -0.122. The Morgan fingerprint density at radius 2 is 1.97 bits per heavy atom. The van der Waals surface area contributed by atoms with Crippen LogP contribution in [0.5, 0.6) is 5.75 Å². The molecule has 1 fully saturated rings. The van der Waals surface area contributed by atoms with Gasteiger partial charge in [-0.2, -0.15) is 0 Å². The first kappa shape index (κ1) is 22.2. The molecule has 0 N–H and O–H groups in total. The summed E-state index contributed by atoms with van der Waals surface area (Å²) in [5.74, 6) is 0.372. The van der Waals surface area contributed by atoms with Crippen molar-refractivity contribution in [1.82, 2.24) is 9.80 Å². The molecule has 2 aromatic rings. The van der Waals surface area contributed by atoms with Gasteiger partial charge >= 0.3 is 0 Å². The van der Waals surface area contributed by atoms with Gasteiger partial charge in [-0.3, -0.25) is 9.69 Å². The maximum Gasteiger partial charge on any atom is 0.256 e. The van der Waals surface area contributed by atoms with Crippen molar-refractivity contribution in [2.45, 2.75) is 26.5 Å². The van der Waals surface area contributed by atoms with Gasteiger partial charge in [-0.15, -0.1) is 0 Å². The first-order valence-electron chi connectivity index (χ1n) is 10.5. The maximum atomic E-state index is 14.2. The van der Waals surface area contributed by atoms with Gasteiger partial charge in [0.1, 0.15) is 11.6 Å². The number of nitrogens with zero attached hydrogens (tertiary/aromatic N) is 2. The first-order chi connectivity index (χ1) is 14.5. The van der Waals surface area contributed by atoms with Crippen LogP contribution in [-0.4, -0.2) is 61.7 Å². The minimum absolute atomic E-state index is 0.111. The van der Waals surface area contributed by atoms with Crippen LogP contribution in [0, 0.1) is 11.7 Å². The quantitative estimate of drug-likeness (QED) is 0.658. The lowest BCUT2D eigenvalue weighted by Crippen LogP contribution is -2.49.